The van der Waals surface area contributed by atoms with E-state index in [1.54, 1.807) is 7.11 Å². The molecular weight excluding hydrogens is 270 g/mol. The van der Waals surface area contributed by atoms with E-state index in [1.807, 2.05) is 0 Å². The van der Waals surface area contributed by atoms with E-state index in [0.717, 1.165) is 25.7 Å². The van der Waals surface area contributed by atoms with Crippen LogP contribution in [0.3, 0.4) is 0 Å². The van der Waals surface area contributed by atoms with E-state index in [1.165, 1.54) is 12.1 Å². The summed E-state index contributed by atoms with van der Waals surface area (Å²) >= 11 is 5.79. The number of hydrogen-bond donors (Lipinski definition) is 1. The van der Waals surface area contributed by atoms with Crippen LogP contribution in [0.5, 0.6) is 5.88 Å². The van der Waals surface area contributed by atoms with E-state index in [-0.39, 0.29) is 28.8 Å². The van der Waals surface area contributed by atoms with Crippen molar-refractivity contribution in [3.05, 3.63) is 22.8 Å². The molecule has 0 aliphatic heterocycles. The highest BCUT2D eigenvalue weighted by atomic mass is 35.5. The maximum Gasteiger partial charge on any atom is 0.335 e. The number of ether oxygens (including phenoxy) is 2. The lowest BCUT2D eigenvalue weighted by molar-refractivity contribution is 0.0194. The lowest BCUT2D eigenvalue weighted by atomic mass is 9.95. The zero-order valence-corrected chi connectivity index (χ0v) is 11.4. The largest absolute Gasteiger partial charge is 0.478 e. The van der Waals surface area contributed by atoms with E-state index < -0.39 is 5.97 Å². The van der Waals surface area contributed by atoms with Crippen molar-refractivity contribution < 1.29 is 19.4 Å². The topological polar surface area (TPSA) is 68.7 Å². The van der Waals surface area contributed by atoms with Gasteiger partial charge in [-0.25, -0.2) is 9.78 Å². The molecule has 0 spiro atoms. The predicted octanol–water partition coefficient (Wildman–Crippen LogP) is 2.77. The van der Waals surface area contributed by atoms with Gasteiger partial charge in [0.05, 0.1) is 11.7 Å². The summed E-state index contributed by atoms with van der Waals surface area (Å²) in [7, 11) is 1.69. The van der Waals surface area contributed by atoms with Crippen LogP contribution in [-0.2, 0) is 4.74 Å². The number of carboxylic acids is 1. The van der Waals surface area contributed by atoms with Crippen LogP contribution in [-0.4, -0.2) is 35.4 Å². The Balaban J connectivity index is 2.08. The van der Waals surface area contributed by atoms with Gasteiger partial charge >= 0.3 is 5.97 Å². The van der Waals surface area contributed by atoms with Crippen LogP contribution < -0.4 is 4.74 Å². The normalized spacial score (nSPS) is 23.1. The summed E-state index contributed by atoms with van der Waals surface area (Å²) in [4.78, 5) is 14.9. The number of aromatic nitrogens is 1. The molecule has 2 rings (SSSR count). The molecule has 1 N–H and O–H groups in total. The zero-order chi connectivity index (χ0) is 13.8. The van der Waals surface area contributed by atoms with Crippen molar-refractivity contribution in [3.8, 4) is 5.88 Å². The minimum Gasteiger partial charge on any atom is -0.478 e. The summed E-state index contributed by atoms with van der Waals surface area (Å²) in [5.41, 5.74) is 0.0779. The molecule has 1 aliphatic carbocycles. The van der Waals surface area contributed by atoms with Crippen molar-refractivity contribution in [2.75, 3.05) is 7.11 Å². The number of aromatic carboxylic acids is 1. The number of hydrogen-bond acceptors (Lipinski definition) is 4. The summed E-state index contributed by atoms with van der Waals surface area (Å²) < 4.78 is 11.0. The molecule has 104 valence electrons. The molecule has 19 heavy (non-hydrogen) atoms. The second kappa shape index (κ2) is 6.21. The Labute approximate surface area is 116 Å². The van der Waals surface area contributed by atoms with Crippen molar-refractivity contribution in [1.82, 2.24) is 4.98 Å². The molecule has 1 heterocycles. The minimum absolute atomic E-state index is 0.00804. The summed E-state index contributed by atoms with van der Waals surface area (Å²) in [5, 5.41) is 9.08. The number of rotatable bonds is 4. The third kappa shape index (κ3) is 3.81. The van der Waals surface area contributed by atoms with E-state index in [4.69, 9.17) is 26.2 Å². The number of carbonyl (C=O) groups is 1. The Kier molecular flexibility index (Phi) is 4.61. The first-order valence-electron chi connectivity index (χ1n) is 6.19. The second-order valence-corrected chi connectivity index (χ2v) is 4.97. The third-order valence-corrected chi connectivity index (χ3v) is 3.41. The van der Waals surface area contributed by atoms with Gasteiger partial charge in [0, 0.05) is 19.6 Å². The maximum absolute atomic E-state index is 10.9. The van der Waals surface area contributed by atoms with E-state index in [0.29, 0.717) is 0 Å². The molecule has 1 fully saturated rings. The fraction of sp³-hybridized carbons (Fsp3) is 0.538. The van der Waals surface area contributed by atoms with Gasteiger partial charge in [0.2, 0.25) is 5.88 Å². The summed E-state index contributed by atoms with van der Waals surface area (Å²) in [5.74, 6) is -0.792. The van der Waals surface area contributed by atoms with Gasteiger partial charge in [0.25, 0.3) is 0 Å². The van der Waals surface area contributed by atoms with E-state index >= 15 is 0 Å². The fourth-order valence-corrected chi connectivity index (χ4v) is 2.45. The van der Waals surface area contributed by atoms with Crippen LogP contribution in [0.2, 0.25) is 5.15 Å². The standard InChI is InChI=1S/C13H16ClNO4/c1-18-9-3-2-4-10(7-9)19-12-6-8(13(16)17)5-11(14)15-12/h5-6,9-10H,2-4,7H2,1H3,(H,16,17). The van der Waals surface area contributed by atoms with Crippen molar-refractivity contribution in [2.24, 2.45) is 0 Å². The molecule has 2 unspecified atom stereocenters. The monoisotopic (exact) mass is 285 g/mol. The molecule has 1 aliphatic rings. The Morgan fingerprint density at radius 2 is 2.16 bits per heavy atom. The van der Waals surface area contributed by atoms with Gasteiger partial charge in [-0.15, -0.1) is 0 Å². The molecule has 1 aromatic rings. The van der Waals surface area contributed by atoms with E-state index in [2.05, 4.69) is 4.98 Å². The second-order valence-electron chi connectivity index (χ2n) is 4.59. The molecular formula is C13H16ClNO4. The average molecular weight is 286 g/mol. The van der Waals surface area contributed by atoms with Crippen LogP contribution in [0.15, 0.2) is 12.1 Å². The van der Waals surface area contributed by atoms with Crippen LogP contribution in [0.25, 0.3) is 0 Å². The van der Waals surface area contributed by atoms with Crippen molar-refractivity contribution >= 4 is 17.6 Å². The Bertz CT molecular complexity index is 466. The number of pyridine rings is 1. The van der Waals surface area contributed by atoms with Crippen LogP contribution in [0, 0.1) is 0 Å². The zero-order valence-electron chi connectivity index (χ0n) is 10.6. The number of halogens is 1. The quantitative estimate of drug-likeness (QED) is 0.862. The molecule has 6 heteroatoms. The summed E-state index contributed by atoms with van der Waals surface area (Å²) in [6.45, 7) is 0. The molecule has 2 atom stereocenters. The molecule has 5 nitrogen and oxygen atoms in total. The van der Waals surface area contributed by atoms with Crippen molar-refractivity contribution in [3.63, 3.8) is 0 Å². The summed E-state index contributed by atoms with van der Waals surface area (Å²) in [6, 6.07) is 2.69. The first kappa shape index (κ1) is 14.1. The van der Waals surface area contributed by atoms with Gasteiger partial charge in [0.1, 0.15) is 11.3 Å². The highest BCUT2D eigenvalue weighted by Crippen LogP contribution is 2.25. The van der Waals surface area contributed by atoms with Crippen molar-refractivity contribution in [2.45, 2.75) is 37.9 Å². The van der Waals surface area contributed by atoms with Gasteiger partial charge in [0.15, 0.2) is 0 Å². The smallest absolute Gasteiger partial charge is 0.335 e. The molecule has 0 amide bonds. The Morgan fingerprint density at radius 3 is 2.84 bits per heavy atom. The Hall–Kier alpha value is -1.33. The number of methoxy groups -OCH3 is 1. The van der Waals surface area contributed by atoms with Gasteiger partial charge in [-0.3, -0.25) is 0 Å². The van der Waals surface area contributed by atoms with Gasteiger partial charge in [-0.2, -0.15) is 0 Å². The highest BCUT2D eigenvalue weighted by molar-refractivity contribution is 6.29. The molecule has 0 radical (unpaired) electrons. The van der Waals surface area contributed by atoms with Crippen LogP contribution in [0.1, 0.15) is 36.0 Å². The highest BCUT2D eigenvalue weighted by Gasteiger charge is 2.23. The first-order valence-corrected chi connectivity index (χ1v) is 6.56. The average Bonchev–Trinajstić information content (AvgIpc) is 2.38. The molecule has 1 aromatic heterocycles. The predicted molar refractivity (Wildman–Crippen MR) is 69.9 cm³/mol. The van der Waals surface area contributed by atoms with Crippen LogP contribution in [0.4, 0.5) is 0 Å². The van der Waals surface area contributed by atoms with Gasteiger partial charge in [-0.05, 0) is 25.3 Å². The molecule has 0 aromatic carbocycles. The Morgan fingerprint density at radius 1 is 1.42 bits per heavy atom. The fourth-order valence-electron chi connectivity index (χ4n) is 2.25. The van der Waals surface area contributed by atoms with Crippen molar-refractivity contribution in [1.29, 1.82) is 0 Å². The van der Waals surface area contributed by atoms with Crippen LogP contribution >= 0.6 is 11.6 Å². The van der Waals surface area contributed by atoms with E-state index in [9.17, 15) is 4.79 Å². The minimum atomic E-state index is -1.05. The third-order valence-electron chi connectivity index (χ3n) is 3.22. The molecule has 1 saturated carbocycles. The number of carboxylic acid groups (broad SMARTS) is 1. The molecule has 0 bridgehead atoms. The molecule has 0 saturated heterocycles. The van der Waals surface area contributed by atoms with Gasteiger partial charge in [-0.1, -0.05) is 11.6 Å². The lowest BCUT2D eigenvalue weighted by Gasteiger charge is -2.28. The van der Waals surface area contributed by atoms with Gasteiger partial charge < -0.3 is 14.6 Å². The number of nitrogens with zero attached hydrogens (tertiary/aromatic N) is 1. The lowest BCUT2D eigenvalue weighted by Crippen LogP contribution is -2.29. The first-order chi connectivity index (χ1) is 9.08. The maximum atomic E-state index is 10.9. The summed E-state index contributed by atoms with van der Waals surface area (Å²) in [6.07, 6.45) is 3.93. The SMILES string of the molecule is COC1CCCC(Oc2cc(C(=O)O)cc(Cl)n2)C1.